The van der Waals surface area contributed by atoms with Crippen LogP contribution in [-0.2, 0) is 6.42 Å². The average molecular weight is 217 g/mol. The molecule has 0 heterocycles. The Morgan fingerprint density at radius 1 is 1.43 bits per heavy atom. The van der Waals surface area contributed by atoms with E-state index in [9.17, 15) is 5.11 Å². The van der Waals surface area contributed by atoms with Crippen LogP contribution in [0.2, 0.25) is 5.02 Å². The number of phenols is 1. The first-order chi connectivity index (χ1) is 6.70. The predicted molar refractivity (Wildman–Crippen MR) is 55.1 cm³/mol. The summed E-state index contributed by atoms with van der Waals surface area (Å²) in [6.07, 6.45) is 1.11. The van der Waals surface area contributed by atoms with E-state index in [4.69, 9.17) is 21.4 Å². The van der Waals surface area contributed by atoms with E-state index in [1.165, 1.54) is 7.11 Å². The zero-order valence-corrected chi connectivity index (χ0v) is 8.71. The van der Waals surface area contributed by atoms with Crippen molar-refractivity contribution in [3.05, 3.63) is 22.7 Å². The third kappa shape index (κ3) is 2.30. The molecule has 78 valence electrons. The van der Waals surface area contributed by atoms with E-state index in [1.54, 1.807) is 12.1 Å². The largest absolute Gasteiger partial charge is 0.504 e. The maximum Gasteiger partial charge on any atom is 0.162 e. The number of aliphatic hydroxyl groups excluding tert-OH is 1. The van der Waals surface area contributed by atoms with Crippen LogP contribution < -0.4 is 4.74 Å². The third-order valence-electron chi connectivity index (χ3n) is 1.99. The first-order valence-electron chi connectivity index (χ1n) is 4.36. The molecule has 0 saturated carbocycles. The first-order valence-corrected chi connectivity index (χ1v) is 4.73. The Morgan fingerprint density at radius 2 is 2.14 bits per heavy atom. The van der Waals surface area contributed by atoms with Crippen molar-refractivity contribution in [2.75, 3.05) is 13.7 Å². The standard InChI is InChI=1S/C10H13ClO3/c1-14-9-5-4-8(11)7(10(9)13)3-2-6-12/h4-5,12-13H,2-3,6H2,1H3. The van der Waals surface area contributed by atoms with E-state index in [-0.39, 0.29) is 12.4 Å². The van der Waals surface area contributed by atoms with Gasteiger partial charge in [0.25, 0.3) is 0 Å². The Morgan fingerprint density at radius 3 is 2.71 bits per heavy atom. The molecule has 0 spiro atoms. The van der Waals surface area contributed by atoms with Gasteiger partial charge >= 0.3 is 0 Å². The van der Waals surface area contributed by atoms with Gasteiger partial charge in [0.1, 0.15) is 0 Å². The first kappa shape index (κ1) is 11.1. The van der Waals surface area contributed by atoms with E-state index < -0.39 is 0 Å². The second-order valence-corrected chi connectivity index (χ2v) is 3.31. The van der Waals surface area contributed by atoms with Gasteiger partial charge in [-0.2, -0.15) is 0 Å². The minimum absolute atomic E-state index is 0.0634. The van der Waals surface area contributed by atoms with Gasteiger partial charge < -0.3 is 14.9 Å². The van der Waals surface area contributed by atoms with Crippen molar-refractivity contribution in [3.8, 4) is 11.5 Å². The monoisotopic (exact) mass is 216 g/mol. The SMILES string of the molecule is COc1ccc(Cl)c(CCCO)c1O. The Labute approximate surface area is 87.9 Å². The molecule has 4 heteroatoms. The second kappa shape index (κ2) is 5.08. The molecular weight excluding hydrogens is 204 g/mol. The van der Waals surface area contributed by atoms with Crippen LogP contribution in [0.3, 0.4) is 0 Å². The van der Waals surface area contributed by atoms with Crippen LogP contribution in [0.15, 0.2) is 12.1 Å². The number of aromatic hydroxyl groups is 1. The average Bonchev–Trinajstić information content (AvgIpc) is 2.18. The van der Waals surface area contributed by atoms with Gasteiger partial charge in [0.05, 0.1) is 7.11 Å². The number of rotatable bonds is 4. The number of phenolic OH excluding ortho intramolecular Hbond substituents is 1. The summed E-state index contributed by atoms with van der Waals surface area (Å²) in [5.74, 6) is 0.468. The van der Waals surface area contributed by atoms with Crippen molar-refractivity contribution >= 4 is 11.6 Å². The minimum Gasteiger partial charge on any atom is -0.504 e. The highest BCUT2D eigenvalue weighted by atomic mass is 35.5. The number of ether oxygens (including phenoxy) is 1. The van der Waals surface area contributed by atoms with Gasteiger partial charge in [0, 0.05) is 17.2 Å². The number of benzene rings is 1. The molecule has 1 rings (SSSR count). The Balaban J connectivity index is 2.99. The molecule has 1 aromatic rings. The molecule has 0 unspecified atom stereocenters. The van der Waals surface area contributed by atoms with Crippen molar-refractivity contribution in [1.82, 2.24) is 0 Å². The fraction of sp³-hybridized carbons (Fsp3) is 0.400. The van der Waals surface area contributed by atoms with Crippen molar-refractivity contribution < 1.29 is 14.9 Å². The lowest BCUT2D eigenvalue weighted by Gasteiger charge is -2.09. The van der Waals surface area contributed by atoms with E-state index in [0.717, 1.165) is 0 Å². The molecule has 0 saturated heterocycles. The van der Waals surface area contributed by atoms with Crippen LogP contribution in [0.1, 0.15) is 12.0 Å². The quantitative estimate of drug-likeness (QED) is 0.809. The van der Waals surface area contributed by atoms with E-state index in [2.05, 4.69) is 0 Å². The second-order valence-electron chi connectivity index (χ2n) is 2.90. The normalized spacial score (nSPS) is 10.2. The molecule has 2 N–H and O–H groups in total. The molecule has 0 radical (unpaired) electrons. The van der Waals surface area contributed by atoms with Crippen LogP contribution in [0.5, 0.6) is 11.5 Å². The molecule has 0 aromatic heterocycles. The van der Waals surface area contributed by atoms with E-state index >= 15 is 0 Å². The van der Waals surface area contributed by atoms with Crippen molar-refractivity contribution in [2.45, 2.75) is 12.8 Å². The number of halogens is 1. The van der Waals surface area contributed by atoms with Crippen LogP contribution in [-0.4, -0.2) is 23.9 Å². The molecule has 0 aliphatic rings. The number of aliphatic hydroxyl groups is 1. The molecule has 3 nitrogen and oxygen atoms in total. The van der Waals surface area contributed by atoms with Crippen LogP contribution >= 0.6 is 11.6 Å². The molecular formula is C10H13ClO3. The van der Waals surface area contributed by atoms with Crippen LogP contribution in [0.4, 0.5) is 0 Å². The molecule has 0 atom stereocenters. The van der Waals surface area contributed by atoms with Gasteiger partial charge in [0.2, 0.25) is 0 Å². The van der Waals surface area contributed by atoms with Gasteiger partial charge in [-0.05, 0) is 25.0 Å². The summed E-state index contributed by atoms with van der Waals surface area (Å²) >= 11 is 5.90. The van der Waals surface area contributed by atoms with Gasteiger partial charge in [0.15, 0.2) is 11.5 Å². The predicted octanol–water partition coefficient (Wildman–Crippen LogP) is 1.98. The minimum atomic E-state index is 0.0634. The molecule has 0 aliphatic carbocycles. The number of hydrogen-bond donors (Lipinski definition) is 2. The third-order valence-corrected chi connectivity index (χ3v) is 2.35. The fourth-order valence-corrected chi connectivity index (χ4v) is 1.50. The van der Waals surface area contributed by atoms with E-state index in [0.29, 0.717) is 29.2 Å². The Hall–Kier alpha value is -0.930. The molecule has 14 heavy (non-hydrogen) atoms. The summed E-state index contributed by atoms with van der Waals surface area (Å²) < 4.78 is 4.95. The molecule has 0 bridgehead atoms. The molecule has 0 amide bonds. The summed E-state index contributed by atoms with van der Waals surface area (Å²) in [4.78, 5) is 0. The molecule has 0 fully saturated rings. The summed E-state index contributed by atoms with van der Waals surface area (Å²) in [7, 11) is 1.48. The highest BCUT2D eigenvalue weighted by Gasteiger charge is 2.11. The summed E-state index contributed by atoms with van der Waals surface area (Å²) in [5, 5.41) is 18.9. The van der Waals surface area contributed by atoms with Crippen molar-refractivity contribution in [1.29, 1.82) is 0 Å². The van der Waals surface area contributed by atoms with Gasteiger partial charge in [-0.15, -0.1) is 0 Å². The lowest BCUT2D eigenvalue weighted by molar-refractivity contribution is 0.287. The summed E-state index contributed by atoms with van der Waals surface area (Å²) in [5.41, 5.74) is 0.625. The highest BCUT2D eigenvalue weighted by molar-refractivity contribution is 6.31. The zero-order chi connectivity index (χ0) is 10.6. The smallest absolute Gasteiger partial charge is 0.162 e. The van der Waals surface area contributed by atoms with Gasteiger partial charge in [-0.3, -0.25) is 0 Å². The highest BCUT2D eigenvalue weighted by Crippen LogP contribution is 2.35. The number of methoxy groups -OCH3 is 1. The maximum absolute atomic E-state index is 9.71. The van der Waals surface area contributed by atoms with Gasteiger partial charge in [-0.25, -0.2) is 0 Å². The molecule has 1 aromatic carbocycles. The van der Waals surface area contributed by atoms with Crippen LogP contribution in [0.25, 0.3) is 0 Å². The summed E-state index contributed by atoms with van der Waals surface area (Å²) in [6, 6.07) is 3.28. The lowest BCUT2D eigenvalue weighted by Crippen LogP contribution is -1.93. The van der Waals surface area contributed by atoms with Gasteiger partial charge in [-0.1, -0.05) is 11.6 Å². The fourth-order valence-electron chi connectivity index (χ4n) is 1.25. The zero-order valence-electron chi connectivity index (χ0n) is 7.96. The van der Waals surface area contributed by atoms with Crippen LogP contribution in [0, 0.1) is 0 Å². The lowest BCUT2D eigenvalue weighted by atomic mass is 10.1. The Kier molecular flexibility index (Phi) is 4.04. The topological polar surface area (TPSA) is 49.7 Å². The number of hydrogen-bond acceptors (Lipinski definition) is 3. The van der Waals surface area contributed by atoms with E-state index in [1.807, 2.05) is 0 Å². The van der Waals surface area contributed by atoms with Crippen molar-refractivity contribution in [2.24, 2.45) is 0 Å². The summed E-state index contributed by atoms with van der Waals surface area (Å²) in [6.45, 7) is 0.0764. The Bertz CT molecular complexity index is 312. The maximum atomic E-state index is 9.71. The molecule has 0 aliphatic heterocycles. The van der Waals surface area contributed by atoms with Crippen molar-refractivity contribution in [3.63, 3.8) is 0 Å².